The molecule has 18 heteroatoms. The number of fused-ring (bicyclic) bond motifs is 7. The van der Waals surface area contributed by atoms with Crippen molar-refractivity contribution in [3.05, 3.63) is 95.3 Å². The third-order valence-electron chi connectivity index (χ3n) is 12.3. The Hall–Kier alpha value is -4.77. The van der Waals surface area contributed by atoms with Crippen molar-refractivity contribution in [2.45, 2.75) is 83.0 Å². The SMILES string of the molecule is CCC(O)(CC)C(=O)N[C@H]1Cc2ccc3c(c2)[C@]24c5cccc(c5NC2O3)-c2cccc3c2c(cn3COP(=O)([O-])O)-c2cnc(o2)-c2nc(oc24)[C@H](C(C)C)NC1=O.[Na+]. The summed E-state index contributed by atoms with van der Waals surface area (Å²) >= 11 is 0. The summed E-state index contributed by atoms with van der Waals surface area (Å²) < 4.78 is 38.5. The molecule has 10 bridgehead atoms. The molecule has 0 aliphatic carbocycles. The Morgan fingerprint density at radius 1 is 1.10 bits per heavy atom. The average molecular weight is 843 g/mol. The van der Waals surface area contributed by atoms with Crippen LogP contribution in [0, 0.1) is 5.92 Å². The molecule has 0 fully saturated rings. The van der Waals surface area contributed by atoms with Gasteiger partial charge in [0.25, 0.3) is 13.7 Å². The molecule has 304 valence electrons. The Kier molecular flexibility index (Phi) is 9.76. The number of oxazole rings is 2. The summed E-state index contributed by atoms with van der Waals surface area (Å²) in [5.74, 6) is 0.221. The van der Waals surface area contributed by atoms with Gasteiger partial charge in [-0.25, -0.2) is 9.97 Å². The molecule has 5 N–H and O–H groups in total. The van der Waals surface area contributed by atoms with Crippen molar-refractivity contribution in [1.29, 1.82) is 0 Å². The summed E-state index contributed by atoms with van der Waals surface area (Å²) in [6.45, 7) is 6.80. The van der Waals surface area contributed by atoms with E-state index in [4.69, 9.17) is 28.1 Å². The maximum atomic E-state index is 14.3. The predicted octanol–water partition coefficient (Wildman–Crippen LogP) is 2.25. The van der Waals surface area contributed by atoms with E-state index in [1.807, 2.05) is 68.4 Å². The quantitative estimate of drug-likeness (QED) is 0.110. The van der Waals surface area contributed by atoms with Crippen LogP contribution in [-0.2, 0) is 37.2 Å². The third-order valence-corrected chi connectivity index (χ3v) is 12.7. The Morgan fingerprint density at radius 3 is 2.62 bits per heavy atom. The third kappa shape index (κ3) is 6.03. The fourth-order valence-electron chi connectivity index (χ4n) is 9.12. The molecule has 4 aliphatic rings. The van der Waals surface area contributed by atoms with Crippen LogP contribution in [0.2, 0.25) is 0 Å². The number of benzene rings is 3. The molecule has 3 aromatic heterocycles. The maximum Gasteiger partial charge on any atom is 1.00 e. The zero-order valence-electron chi connectivity index (χ0n) is 33.4. The van der Waals surface area contributed by atoms with E-state index in [-0.39, 0.29) is 72.2 Å². The van der Waals surface area contributed by atoms with Crippen LogP contribution in [0.1, 0.15) is 74.9 Å². The number of carbonyl (C=O) groups excluding carboxylic acids is 2. The minimum atomic E-state index is -5.07. The van der Waals surface area contributed by atoms with Crippen LogP contribution in [0.4, 0.5) is 5.69 Å². The number of carbonyl (C=O) groups is 2. The van der Waals surface area contributed by atoms with Gasteiger partial charge in [0.05, 0.1) is 11.7 Å². The summed E-state index contributed by atoms with van der Waals surface area (Å²) in [6, 6.07) is 15.4. The number of nitrogens with one attached hydrogen (secondary N) is 3. The number of rotatable bonds is 8. The van der Waals surface area contributed by atoms with Crippen LogP contribution in [0.25, 0.3) is 44.9 Å². The van der Waals surface area contributed by atoms with E-state index >= 15 is 0 Å². The second kappa shape index (κ2) is 14.4. The smallest absolute Gasteiger partial charge is 0.756 e. The molecule has 60 heavy (non-hydrogen) atoms. The van der Waals surface area contributed by atoms with Gasteiger partial charge in [0.2, 0.25) is 17.7 Å². The van der Waals surface area contributed by atoms with Gasteiger partial charge in [0.15, 0.2) is 23.4 Å². The molecule has 2 amide bonds. The minimum Gasteiger partial charge on any atom is -0.756 e. The van der Waals surface area contributed by atoms with Crippen molar-refractivity contribution in [2.75, 3.05) is 5.32 Å². The van der Waals surface area contributed by atoms with Crippen molar-refractivity contribution in [3.8, 4) is 39.8 Å². The van der Waals surface area contributed by atoms with E-state index in [0.717, 1.165) is 33.5 Å². The van der Waals surface area contributed by atoms with Gasteiger partial charge in [0, 0.05) is 45.9 Å². The fourth-order valence-corrected chi connectivity index (χ4v) is 9.39. The number of nitrogens with zero attached hydrogens (tertiary/aromatic N) is 3. The Balaban J connectivity index is 0.00000462. The van der Waals surface area contributed by atoms with E-state index in [1.165, 1.54) is 0 Å². The minimum absolute atomic E-state index is 0. The molecule has 10 rings (SSSR count). The van der Waals surface area contributed by atoms with Crippen molar-refractivity contribution in [3.63, 3.8) is 0 Å². The number of anilines is 1. The summed E-state index contributed by atoms with van der Waals surface area (Å²) in [4.78, 5) is 58.9. The van der Waals surface area contributed by atoms with Crippen molar-refractivity contribution >= 4 is 36.2 Å². The Labute approximate surface area is 365 Å². The number of phosphoric acid groups is 1. The van der Waals surface area contributed by atoms with Crippen LogP contribution < -0.4 is 55.1 Å². The number of aromatic nitrogens is 3. The zero-order valence-corrected chi connectivity index (χ0v) is 36.3. The first kappa shape index (κ1) is 40.6. The number of phosphoric ester groups is 1. The van der Waals surface area contributed by atoms with Crippen molar-refractivity contribution in [1.82, 2.24) is 25.2 Å². The number of amides is 2. The average Bonchev–Trinajstić information content (AvgIpc) is 4.04. The van der Waals surface area contributed by atoms with Gasteiger partial charge >= 0.3 is 29.6 Å². The molecule has 6 aromatic rings. The predicted molar refractivity (Wildman–Crippen MR) is 211 cm³/mol. The Morgan fingerprint density at radius 2 is 1.87 bits per heavy atom. The largest absolute Gasteiger partial charge is 1.00 e. The van der Waals surface area contributed by atoms with Crippen molar-refractivity contribution < 1.29 is 76.7 Å². The number of ether oxygens (including phenoxy) is 1. The molecule has 5 atom stereocenters. The molecular formula is C42H40N6NaO10P. The van der Waals surface area contributed by atoms with E-state index in [0.29, 0.717) is 33.7 Å². The van der Waals surface area contributed by atoms with E-state index < -0.39 is 55.7 Å². The molecule has 3 aromatic carbocycles. The molecule has 1 spiro atoms. The van der Waals surface area contributed by atoms with Crippen LogP contribution in [0.5, 0.6) is 5.75 Å². The number of hydrogen-bond donors (Lipinski definition) is 5. The van der Waals surface area contributed by atoms with Gasteiger partial charge < -0.3 is 49.0 Å². The van der Waals surface area contributed by atoms with E-state index in [9.17, 15) is 29.0 Å². The maximum absolute atomic E-state index is 14.3. The van der Waals surface area contributed by atoms with Crippen LogP contribution >= 0.6 is 7.82 Å². The molecule has 2 unspecified atom stereocenters. The summed E-state index contributed by atoms with van der Waals surface area (Å²) in [5, 5.41) is 21.5. The van der Waals surface area contributed by atoms with Gasteiger partial charge in [-0.3, -0.25) is 18.7 Å². The molecule has 7 heterocycles. The molecule has 0 radical (unpaired) electrons. The van der Waals surface area contributed by atoms with E-state index in [1.54, 1.807) is 30.8 Å². The molecule has 0 saturated heterocycles. The van der Waals surface area contributed by atoms with Crippen LogP contribution in [0.3, 0.4) is 0 Å². The first-order valence-corrected chi connectivity index (χ1v) is 21.1. The summed E-state index contributed by atoms with van der Waals surface area (Å²) in [7, 11) is -5.07. The van der Waals surface area contributed by atoms with Gasteiger partial charge in [-0.15, -0.1) is 0 Å². The topological polar surface area (TPSA) is 226 Å². The second-order valence-electron chi connectivity index (χ2n) is 15.9. The van der Waals surface area contributed by atoms with Gasteiger partial charge in [0.1, 0.15) is 35.6 Å². The summed E-state index contributed by atoms with van der Waals surface area (Å²) in [6.07, 6.45) is 2.92. The van der Waals surface area contributed by atoms with Crippen LogP contribution in [-0.4, -0.2) is 54.2 Å². The molecule has 0 saturated carbocycles. The molecule has 16 nitrogen and oxygen atoms in total. The van der Waals surface area contributed by atoms with Gasteiger partial charge in [-0.2, -0.15) is 0 Å². The number of hydrogen-bond acceptors (Lipinski definition) is 12. The zero-order chi connectivity index (χ0) is 41.2. The molecule has 4 aliphatic heterocycles. The first-order valence-electron chi connectivity index (χ1n) is 19.6. The van der Waals surface area contributed by atoms with Crippen LogP contribution in [0.15, 0.2) is 75.8 Å². The van der Waals surface area contributed by atoms with Gasteiger partial charge in [-0.05, 0) is 42.0 Å². The monoisotopic (exact) mass is 842 g/mol. The van der Waals surface area contributed by atoms with E-state index in [2.05, 4.69) is 16.0 Å². The normalized spacial score (nSPS) is 21.7. The first-order chi connectivity index (χ1) is 28.2. The standard InChI is InChI=1S/C42H41N6O10P.Na/c1-5-41(51,6-2)39(50)44-27-16-21-13-14-29-26(15-21)42-25-11-7-10-23(33(25)47-40(42)57-29)22-9-8-12-28-31(22)24(18-48(28)19-55-59(52,53)54)30-17-43-37(56-30)34-35(42)58-38(46-34)32(20(3)4)45-36(27)49;/h7-15,17-18,20,27,32,40,47,51H,5-6,16,19H2,1-4H3,(H,44,50)(H,45,49)(H2,52,53,54);/q;+1/p-1/t27-,32-,40?,42-;/m0./s1. The van der Waals surface area contributed by atoms with Gasteiger partial charge in [-0.1, -0.05) is 70.2 Å². The number of para-hydroxylation sites is 1. The second-order valence-corrected chi connectivity index (χ2v) is 17.1. The fraction of sp³-hybridized carbons (Fsp3) is 0.333. The summed E-state index contributed by atoms with van der Waals surface area (Å²) in [5.41, 5.74) is 3.21. The molecular weight excluding hydrogens is 802 g/mol. The van der Waals surface area contributed by atoms with Crippen molar-refractivity contribution in [2.24, 2.45) is 5.92 Å². The Bertz CT molecular complexity index is 2790. The number of aliphatic hydroxyl groups is 1.